The first kappa shape index (κ1) is 12.4. The molecule has 1 aromatic carbocycles. The molecule has 1 aromatic rings. The van der Waals surface area contributed by atoms with Crippen molar-refractivity contribution < 1.29 is 14.0 Å². The average molecular weight is 278 g/mol. The van der Waals surface area contributed by atoms with Gasteiger partial charge < -0.3 is 9.57 Å². The maximum Gasteiger partial charge on any atom is 0.145 e. The van der Waals surface area contributed by atoms with Crippen LogP contribution in [0.2, 0.25) is 0 Å². The van der Waals surface area contributed by atoms with E-state index >= 15 is 0 Å². The molecule has 0 amide bonds. The predicted molar refractivity (Wildman–Crippen MR) is 59.2 cm³/mol. The number of hydrogen-bond donors (Lipinski definition) is 1. The van der Waals surface area contributed by atoms with Crippen molar-refractivity contribution in [1.82, 2.24) is 5.48 Å². The second-order valence-electron chi connectivity index (χ2n) is 3.03. The van der Waals surface area contributed by atoms with Gasteiger partial charge in [-0.05, 0) is 34.5 Å². The lowest BCUT2D eigenvalue weighted by molar-refractivity contribution is 0.0852. The van der Waals surface area contributed by atoms with Crippen LogP contribution in [-0.4, -0.2) is 14.2 Å². The second-order valence-corrected chi connectivity index (χ2v) is 3.88. The number of hydroxylamine groups is 1. The maximum absolute atomic E-state index is 13.7. The van der Waals surface area contributed by atoms with Gasteiger partial charge in [-0.25, -0.2) is 4.39 Å². The molecule has 0 unspecified atom stereocenters. The zero-order chi connectivity index (χ0) is 11.4. The predicted octanol–water partition coefficient (Wildman–Crippen LogP) is 2.56. The largest absolute Gasteiger partial charge is 0.496 e. The van der Waals surface area contributed by atoms with Crippen molar-refractivity contribution in [2.24, 2.45) is 0 Å². The lowest BCUT2D eigenvalue weighted by Crippen LogP contribution is -2.14. The number of rotatable bonds is 4. The summed E-state index contributed by atoms with van der Waals surface area (Å²) >= 11 is 3.15. The third kappa shape index (κ3) is 2.68. The van der Waals surface area contributed by atoms with Crippen molar-refractivity contribution in [2.45, 2.75) is 13.5 Å². The fraction of sp³-hybridized carbons (Fsp3) is 0.400. The van der Waals surface area contributed by atoms with E-state index in [-0.39, 0.29) is 12.4 Å². The molecule has 5 heteroatoms. The van der Waals surface area contributed by atoms with Gasteiger partial charge in [0, 0.05) is 5.56 Å². The average Bonchev–Trinajstić information content (AvgIpc) is 2.21. The Hall–Kier alpha value is -0.650. The van der Waals surface area contributed by atoms with Gasteiger partial charge in [0.1, 0.15) is 11.6 Å². The van der Waals surface area contributed by atoms with Crippen LogP contribution in [0.3, 0.4) is 0 Å². The molecule has 15 heavy (non-hydrogen) atoms. The molecule has 0 fully saturated rings. The van der Waals surface area contributed by atoms with E-state index in [0.717, 1.165) is 5.56 Å². The minimum atomic E-state index is -0.331. The van der Waals surface area contributed by atoms with Crippen LogP contribution in [0.15, 0.2) is 10.5 Å². The van der Waals surface area contributed by atoms with Gasteiger partial charge in [0.05, 0.1) is 25.2 Å². The highest BCUT2D eigenvalue weighted by Crippen LogP contribution is 2.31. The first-order valence-corrected chi connectivity index (χ1v) is 5.18. The van der Waals surface area contributed by atoms with Gasteiger partial charge in [-0.3, -0.25) is 0 Å². The van der Waals surface area contributed by atoms with E-state index in [0.29, 0.717) is 15.8 Å². The summed E-state index contributed by atoms with van der Waals surface area (Å²) in [6.07, 6.45) is 0. The SMILES string of the molecule is CONCc1c(F)c(Br)cc(C)c1OC. The molecule has 1 N–H and O–H groups in total. The summed E-state index contributed by atoms with van der Waals surface area (Å²) in [6, 6.07) is 1.68. The Morgan fingerprint density at radius 2 is 2.13 bits per heavy atom. The second kappa shape index (κ2) is 5.44. The van der Waals surface area contributed by atoms with Crippen molar-refractivity contribution in [2.75, 3.05) is 14.2 Å². The molecule has 0 bridgehead atoms. The number of aryl methyl sites for hydroxylation is 1. The van der Waals surface area contributed by atoms with Gasteiger partial charge in [-0.1, -0.05) is 0 Å². The van der Waals surface area contributed by atoms with E-state index in [9.17, 15) is 4.39 Å². The Morgan fingerprint density at radius 3 is 2.67 bits per heavy atom. The molecule has 1 rings (SSSR count). The molecule has 0 saturated heterocycles. The van der Waals surface area contributed by atoms with Crippen molar-refractivity contribution in [3.63, 3.8) is 0 Å². The van der Waals surface area contributed by atoms with E-state index in [1.807, 2.05) is 6.92 Å². The van der Waals surface area contributed by atoms with Crippen molar-refractivity contribution in [3.8, 4) is 5.75 Å². The molecule has 0 heterocycles. The molecule has 0 aliphatic rings. The number of halogens is 2. The fourth-order valence-corrected chi connectivity index (χ4v) is 1.97. The highest BCUT2D eigenvalue weighted by Gasteiger charge is 2.15. The Kier molecular flexibility index (Phi) is 4.50. The molecule has 84 valence electrons. The smallest absolute Gasteiger partial charge is 0.145 e. The molecule has 0 aliphatic carbocycles. The zero-order valence-corrected chi connectivity index (χ0v) is 10.4. The number of nitrogens with one attached hydrogen (secondary N) is 1. The summed E-state index contributed by atoms with van der Waals surface area (Å²) < 4.78 is 19.3. The lowest BCUT2D eigenvalue weighted by atomic mass is 10.1. The van der Waals surface area contributed by atoms with Gasteiger partial charge in [0.25, 0.3) is 0 Å². The van der Waals surface area contributed by atoms with Crippen LogP contribution in [0.1, 0.15) is 11.1 Å². The van der Waals surface area contributed by atoms with Crippen LogP contribution in [0.5, 0.6) is 5.75 Å². The van der Waals surface area contributed by atoms with Crippen LogP contribution >= 0.6 is 15.9 Å². The quantitative estimate of drug-likeness (QED) is 0.859. The Balaban J connectivity index is 3.18. The van der Waals surface area contributed by atoms with Gasteiger partial charge in [-0.2, -0.15) is 5.48 Å². The van der Waals surface area contributed by atoms with Gasteiger partial charge in [-0.15, -0.1) is 0 Å². The Bertz CT molecular complexity index is 358. The lowest BCUT2D eigenvalue weighted by Gasteiger charge is -2.13. The van der Waals surface area contributed by atoms with E-state index in [4.69, 9.17) is 9.57 Å². The number of benzene rings is 1. The van der Waals surface area contributed by atoms with Crippen LogP contribution in [-0.2, 0) is 11.4 Å². The van der Waals surface area contributed by atoms with Crippen LogP contribution in [0, 0.1) is 12.7 Å². The standard InChI is InChI=1S/C10H13BrFNO2/c1-6-4-8(11)9(12)7(5-13-15-3)10(6)14-2/h4,13H,5H2,1-3H3. The van der Waals surface area contributed by atoms with E-state index < -0.39 is 0 Å². The number of ether oxygens (including phenoxy) is 1. The molecule has 0 radical (unpaired) electrons. The molecule has 0 atom stereocenters. The summed E-state index contributed by atoms with van der Waals surface area (Å²) in [7, 11) is 3.00. The molecule has 3 nitrogen and oxygen atoms in total. The normalized spacial score (nSPS) is 10.5. The molecule has 0 aliphatic heterocycles. The minimum absolute atomic E-state index is 0.256. The van der Waals surface area contributed by atoms with Crippen molar-refractivity contribution in [3.05, 3.63) is 27.5 Å². The first-order chi connectivity index (χ1) is 7.11. The summed E-state index contributed by atoms with van der Waals surface area (Å²) in [4.78, 5) is 4.69. The summed E-state index contributed by atoms with van der Waals surface area (Å²) in [5.41, 5.74) is 3.92. The molecular weight excluding hydrogens is 265 g/mol. The number of methoxy groups -OCH3 is 1. The van der Waals surface area contributed by atoms with E-state index in [1.54, 1.807) is 6.07 Å². The first-order valence-electron chi connectivity index (χ1n) is 4.39. The van der Waals surface area contributed by atoms with Gasteiger partial charge in [0.15, 0.2) is 0 Å². The minimum Gasteiger partial charge on any atom is -0.496 e. The van der Waals surface area contributed by atoms with Crippen LogP contribution in [0.25, 0.3) is 0 Å². The van der Waals surface area contributed by atoms with Crippen LogP contribution < -0.4 is 10.2 Å². The van der Waals surface area contributed by atoms with Crippen molar-refractivity contribution >= 4 is 15.9 Å². The van der Waals surface area contributed by atoms with Crippen molar-refractivity contribution in [1.29, 1.82) is 0 Å². The molecule has 0 spiro atoms. The molecular formula is C10H13BrFNO2. The third-order valence-corrected chi connectivity index (χ3v) is 2.62. The van der Waals surface area contributed by atoms with E-state index in [1.165, 1.54) is 14.2 Å². The monoisotopic (exact) mass is 277 g/mol. The Labute approximate surface area is 96.7 Å². The maximum atomic E-state index is 13.7. The fourth-order valence-electron chi connectivity index (χ4n) is 1.39. The zero-order valence-electron chi connectivity index (χ0n) is 8.86. The highest BCUT2D eigenvalue weighted by atomic mass is 79.9. The summed E-state index contributed by atoms with van der Waals surface area (Å²) in [5, 5.41) is 0. The van der Waals surface area contributed by atoms with E-state index in [2.05, 4.69) is 21.4 Å². The van der Waals surface area contributed by atoms with Gasteiger partial charge in [0.2, 0.25) is 0 Å². The highest BCUT2D eigenvalue weighted by molar-refractivity contribution is 9.10. The molecule has 0 saturated carbocycles. The third-order valence-electron chi connectivity index (χ3n) is 2.05. The summed E-state index contributed by atoms with van der Waals surface area (Å²) in [6.45, 7) is 2.12. The topological polar surface area (TPSA) is 30.5 Å². The van der Waals surface area contributed by atoms with Crippen LogP contribution in [0.4, 0.5) is 4.39 Å². The summed E-state index contributed by atoms with van der Waals surface area (Å²) in [5.74, 6) is 0.210. The molecule has 0 aromatic heterocycles. The van der Waals surface area contributed by atoms with Gasteiger partial charge >= 0.3 is 0 Å². The number of hydrogen-bond acceptors (Lipinski definition) is 3. The Morgan fingerprint density at radius 1 is 1.47 bits per heavy atom.